The summed E-state index contributed by atoms with van der Waals surface area (Å²) in [6.45, 7) is 2.30. The Balaban J connectivity index is 2.54. The number of hydrogen-bond acceptors (Lipinski definition) is 3. The van der Waals surface area contributed by atoms with Crippen molar-refractivity contribution in [1.82, 2.24) is 4.98 Å². The van der Waals surface area contributed by atoms with Gasteiger partial charge < -0.3 is 9.84 Å². The number of aromatic carboxylic acids is 1. The lowest BCUT2D eigenvalue weighted by Crippen LogP contribution is -2.01. The Hall–Kier alpha value is -2.43. The largest absolute Gasteiger partial charge is 0.492 e. The molecule has 98 valence electrons. The zero-order valence-corrected chi connectivity index (χ0v) is 10.3. The number of aromatic nitrogens is 1. The molecule has 4 nitrogen and oxygen atoms in total. The van der Waals surface area contributed by atoms with Crippen LogP contribution in [0.15, 0.2) is 36.7 Å². The molecule has 19 heavy (non-hydrogen) atoms. The summed E-state index contributed by atoms with van der Waals surface area (Å²) in [4.78, 5) is 15.1. The molecular weight excluding hydrogens is 249 g/mol. The normalized spacial score (nSPS) is 10.2. The highest BCUT2D eigenvalue weighted by Gasteiger charge is 2.13. The third kappa shape index (κ3) is 2.88. The van der Waals surface area contributed by atoms with Crippen LogP contribution in [-0.2, 0) is 0 Å². The molecule has 0 saturated heterocycles. The predicted octanol–water partition coefficient (Wildman–Crippen LogP) is 2.98. The van der Waals surface area contributed by atoms with Crippen LogP contribution < -0.4 is 4.74 Å². The molecule has 5 heteroatoms. The molecule has 0 spiro atoms. The van der Waals surface area contributed by atoms with Crippen molar-refractivity contribution in [3.05, 3.63) is 48.0 Å². The van der Waals surface area contributed by atoms with Gasteiger partial charge in [0.25, 0.3) is 0 Å². The highest BCUT2D eigenvalue weighted by atomic mass is 19.1. The fourth-order valence-electron chi connectivity index (χ4n) is 1.75. The van der Waals surface area contributed by atoms with E-state index in [1.165, 1.54) is 24.5 Å². The maximum absolute atomic E-state index is 13.3. The number of nitrogens with zero attached hydrogens (tertiary/aromatic N) is 1. The van der Waals surface area contributed by atoms with E-state index in [1.54, 1.807) is 6.07 Å². The van der Waals surface area contributed by atoms with Crippen LogP contribution in [0.5, 0.6) is 5.75 Å². The van der Waals surface area contributed by atoms with Crippen molar-refractivity contribution < 1.29 is 19.0 Å². The van der Waals surface area contributed by atoms with Crippen LogP contribution in [0.1, 0.15) is 17.3 Å². The lowest BCUT2D eigenvalue weighted by atomic mass is 10.0. The van der Waals surface area contributed by atoms with Gasteiger partial charge >= 0.3 is 5.97 Å². The quantitative estimate of drug-likeness (QED) is 0.919. The van der Waals surface area contributed by atoms with Gasteiger partial charge in [0.1, 0.15) is 11.6 Å². The standard InChI is InChI=1S/C14H12FNO3/c1-2-19-11-5-9(7-16-8-11)13-6-10(15)3-4-12(13)14(17)18/h3-8H,2H2,1H3,(H,17,18). The summed E-state index contributed by atoms with van der Waals surface area (Å²) in [5.74, 6) is -1.10. The molecule has 0 aliphatic carbocycles. The number of pyridine rings is 1. The molecule has 1 aromatic carbocycles. The van der Waals surface area contributed by atoms with Crippen LogP contribution in [-0.4, -0.2) is 22.7 Å². The summed E-state index contributed by atoms with van der Waals surface area (Å²) in [5, 5.41) is 9.12. The number of halogens is 1. The second-order valence-corrected chi connectivity index (χ2v) is 3.84. The highest BCUT2D eigenvalue weighted by molar-refractivity contribution is 5.96. The molecule has 0 aliphatic heterocycles. The van der Waals surface area contributed by atoms with E-state index in [0.717, 1.165) is 6.07 Å². The molecule has 1 N–H and O–H groups in total. The summed E-state index contributed by atoms with van der Waals surface area (Å²) >= 11 is 0. The molecule has 0 saturated carbocycles. The summed E-state index contributed by atoms with van der Waals surface area (Å²) in [5.41, 5.74) is 0.807. The van der Waals surface area contributed by atoms with Crippen molar-refractivity contribution in [3.63, 3.8) is 0 Å². The number of carboxylic acids is 1. The minimum absolute atomic E-state index is 0.0249. The molecule has 0 unspecified atom stereocenters. The van der Waals surface area contributed by atoms with Gasteiger partial charge in [-0.05, 0) is 31.2 Å². The van der Waals surface area contributed by atoms with Crippen molar-refractivity contribution in [3.8, 4) is 16.9 Å². The fourth-order valence-corrected chi connectivity index (χ4v) is 1.75. The summed E-state index contributed by atoms with van der Waals surface area (Å²) < 4.78 is 18.6. The number of carbonyl (C=O) groups is 1. The van der Waals surface area contributed by atoms with Gasteiger partial charge in [0, 0.05) is 17.3 Å². The molecule has 2 rings (SSSR count). The summed E-state index contributed by atoms with van der Waals surface area (Å²) in [7, 11) is 0. The molecule has 0 bridgehead atoms. The van der Waals surface area contributed by atoms with Crippen LogP contribution in [0.2, 0.25) is 0 Å². The van der Waals surface area contributed by atoms with E-state index < -0.39 is 11.8 Å². The lowest BCUT2D eigenvalue weighted by molar-refractivity contribution is 0.0697. The maximum atomic E-state index is 13.3. The first-order valence-electron chi connectivity index (χ1n) is 5.73. The molecule has 0 atom stereocenters. The van der Waals surface area contributed by atoms with Crippen LogP contribution in [0.25, 0.3) is 11.1 Å². The van der Waals surface area contributed by atoms with Gasteiger partial charge in [-0.2, -0.15) is 0 Å². The molecular formula is C14H12FNO3. The van der Waals surface area contributed by atoms with Gasteiger partial charge in [-0.1, -0.05) is 0 Å². The monoisotopic (exact) mass is 261 g/mol. The third-order valence-electron chi connectivity index (χ3n) is 2.55. The number of carboxylic acid groups (broad SMARTS) is 1. The van der Waals surface area contributed by atoms with Gasteiger partial charge in [-0.3, -0.25) is 4.98 Å². The summed E-state index contributed by atoms with van der Waals surface area (Å²) in [6, 6.07) is 5.17. The zero-order chi connectivity index (χ0) is 13.8. The van der Waals surface area contributed by atoms with Crippen molar-refractivity contribution >= 4 is 5.97 Å². The Morgan fingerprint density at radius 1 is 1.37 bits per heavy atom. The first-order chi connectivity index (χ1) is 9.11. The molecule has 0 aliphatic rings. The second-order valence-electron chi connectivity index (χ2n) is 3.84. The first kappa shape index (κ1) is 13.0. The Morgan fingerprint density at radius 2 is 2.16 bits per heavy atom. The van der Waals surface area contributed by atoms with Gasteiger partial charge in [0.15, 0.2) is 0 Å². The molecule has 2 aromatic rings. The SMILES string of the molecule is CCOc1cncc(-c2cc(F)ccc2C(=O)O)c1. The van der Waals surface area contributed by atoms with Gasteiger partial charge in [-0.15, -0.1) is 0 Å². The van der Waals surface area contributed by atoms with E-state index in [0.29, 0.717) is 17.9 Å². The topological polar surface area (TPSA) is 59.4 Å². The predicted molar refractivity (Wildman–Crippen MR) is 67.8 cm³/mol. The van der Waals surface area contributed by atoms with Gasteiger partial charge in [-0.25, -0.2) is 9.18 Å². The smallest absolute Gasteiger partial charge is 0.336 e. The minimum Gasteiger partial charge on any atom is -0.492 e. The second kappa shape index (κ2) is 5.48. The maximum Gasteiger partial charge on any atom is 0.336 e. The van der Waals surface area contributed by atoms with E-state index in [9.17, 15) is 9.18 Å². The van der Waals surface area contributed by atoms with Crippen LogP contribution in [0.3, 0.4) is 0 Å². The third-order valence-corrected chi connectivity index (χ3v) is 2.55. The average Bonchev–Trinajstić information content (AvgIpc) is 2.39. The van der Waals surface area contributed by atoms with Crippen LogP contribution in [0.4, 0.5) is 4.39 Å². The number of ether oxygens (including phenoxy) is 1. The van der Waals surface area contributed by atoms with Gasteiger partial charge in [0.2, 0.25) is 0 Å². The average molecular weight is 261 g/mol. The Kier molecular flexibility index (Phi) is 3.75. The molecule has 0 fully saturated rings. The number of hydrogen-bond donors (Lipinski definition) is 1. The zero-order valence-electron chi connectivity index (χ0n) is 10.3. The fraction of sp³-hybridized carbons (Fsp3) is 0.143. The van der Waals surface area contributed by atoms with Crippen LogP contribution >= 0.6 is 0 Å². The van der Waals surface area contributed by atoms with E-state index in [2.05, 4.69) is 4.98 Å². The Labute approximate surface area is 109 Å². The highest BCUT2D eigenvalue weighted by Crippen LogP contribution is 2.27. The van der Waals surface area contributed by atoms with Crippen molar-refractivity contribution in [1.29, 1.82) is 0 Å². The number of benzene rings is 1. The molecule has 0 radical (unpaired) electrons. The van der Waals surface area contributed by atoms with Crippen molar-refractivity contribution in [2.75, 3.05) is 6.61 Å². The van der Waals surface area contributed by atoms with E-state index in [1.807, 2.05) is 6.92 Å². The number of rotatable bonds is 4. The summed E-state index contributed by atoms with van der Waals surface area (Å²) in [6.07, 6.45) is 3.00. The van der Waals surface area contributed by atoms with Gasteiger partial charge in [0.05, 0.1) is 18.4 Å². The molecule has 1 aromatic heterocycles. The minimum atomic E-state index is -1.11. The first-order valence-corrected chi connectivity index (χ1v) is 5.73. The van der Waals surface area contributed by atoms with Crippen molar-refractivity contribution in [2.45, 2.75) is 6.92 Å². The van der Waals surface area contributed by atoms with E-state index in [-0.39, 0.29) is 11.1 Å². The molecule has 0 amide bonds. The Bertz CT molecular complexity index is 613. The van der Waals surface area contributed by atoms with E-state index in [4.69, 9.17) is 9.84 Å². The lowest BCUT2D eigenvalue weighted by Gasteiger charge is -2.08. The molecule has 1 heterocycles. The van der Waals surface area contributed by atoms with Crippen LogP contribution in [0, 0.1) is 5.82 Å². The Morgan fingerprint density at radius 3 is 2.84 bits per heavy atom. The van der Waals surface area contributed by atoms with E-state index >= 15 is 0 Å². The van der Waals surface area contributed by atoms with Crippen molar-refractivity contribution in [2.24, 2.45) is 0 Å².